The molecule has 3 nitrogen and oxygen atoms in total. The summed E-state index contributed by atoms with van der Waals surface area (Å²) >= 11 is 6.10. The predicted molar refractivity (Wildman–Crippen MR) is 84.3 cm³/mol. The van der Waals surface area contributed by atoms with Crippen LogP contribution < -0.4 is 0 Å². The third-order valence-electron chi connectivity index (χ3n) is 4.43. The zero-order chi connectivity index (χ0) is 14.3. The summed E-state index contributed by atoms with van der Waals surface area (Å²) in [7, 11) is 2.23. The van der Waals surface area contributed by atoms with Crippen LogP contribution in [-0.4, -0.2) is 33.6 Å². The summed E-state index contributed by atoms with van der Waals surface area (Å²) in [6, 6.07) is 7.56. The van der Waals surface area contributed by atoms with Crippen LogP contribution in [0.3, 0.4) is 0 Å². The molecule has 1 aromatic carbocycles. The van der Waals surface area contributed by atoms with Crippen molar-refractivity contribution in [3.8, 4) is 0 Å². The van der Waals surface area contributed by atoms with Crippen molar-refractivity contribution in [2.24, 2.45) is 0 Å². The van der Waals surface area contributed by atoms with E-state index in [1.54, 1.807) is 0 Å². The van der Waals surface area contributed by atoms with Gasteiger partial charge in [0.05, 0.1) is 16.9 Å². The van der Waals surface area contributed by atoms with Crippen LogP contribution in [0.5, 0.6) is 0 Å². The molecule has 4 heteroatoms. The number of likely N-dealkylation sites (N-methyl/N-ethyl adjacent to an activating group) is 1. The Kier molecular flexibility index (Phi) is 3.74. The summed E-state index contributed by atoms with van der Waals surface area (Å²) in [6.45, 7) is 5.39. The van der Waals surface area contributed by atoms with Crippen LogP contribution in [0.2, 0.25) is 0 Å². The topological polar surface area (TPSA) is 21.1 Å². The minimum absolute atomic E-state index is 0.466. The van der Waals surface area contributed by atoms with Crippen LogP contribution in [-0.2, 0) is 12.4 Å². The molecule has 0 saturated heterocycles. The maximum absolute atomic E-state index is 6.10. The summed E-state index contributed by atoms with van der Waals surface area (Å²) in [5.41, 5.74) is 3.56. The SMILES string of the molecule is Cc1cccc2nc(CCl)n(CC(C)N(C)C3CC3)c12. The van der Waals surface area contributed by atoms with E-state index in [1.165, 1.54) is 23.9 Å². The second-order valence-corrected chi connectivity index (χ2v) is 6.23. The van der Waals surface area contributed by atoms with Gasteiger partial charge < -0.3 is 4.57 Å². The summed E-state index contributed by atoms with van der Waals surface area (Å²) < 4.78 is 2.31. The van der Waals surface area contributed by atoms with E-state index in [0.717, 1.165) is 23.9 Å². The van der Waals surface area contributed by atoms with E-state index in [2.05, 4.69) is 53.5 Å². The van der Waals surface area contributed by atoms with Crippen molar-refractivity contribution in [1.29, 1.82) is 0 Å². The Morgan fingerprint density at radius 2 is 2.20 bits per heavy atom. The number of fused-ring (bicyclic) bond motifs is 1. The van der Waals surface area contributed by atoms with Crippen molar-refractivity contribution in [2.75, 3.05) is 7.05 Å². The zero-order valence-corrected chi connectivity index (χ0v) is 13.2. The van der Waals surface area contributed by atoms with Gasteiger partial charge in [-0.25, -0.2) is 4.98 Å². The molecular formula is C16H22ClN3. The number of nitrogens with zero attached hydrogens (tertiary/aromatic N) is 3. The molecule has 0 aliphatic heterocycles. The van der Waals surface area contributed by atoms with Crippen LogP contribution in [0, 0.1) is 6.92 Å². The predicted octanol–water partition coefficient (Wildman–Crippen LogP) is 3.57. The Balaban J connectivity index is 1.96. The van der Waals surface area contributed by atoms with E-state index < -0.39 is 0 Å². The number of hydrogen-bond donors (Lipinski definition) is 0. The molecule has 1 aliphatic rings. The molecule has 0 radical (unpaired) electrons. The molecule has 1 heterocycles. The van der Waals surface area contributed by atoms with Crippen molar-refractivity contribution < 1.29 is 0 Å². The fourth-order valence-corrected chi connectivity index (χ4v) is 3.15. The minimum Gasteiger partial charge on any atom is -0.325 e. The van der Waals surface area contributed by atoms with Gasteiger partial charge in [0.25, 0.3) is 0 Å². The lowest BCUT2D eigenvalue weighted by molar-refractivity contribution is 0.226. The first-order valence-electron chi connectivity index (χ1n) is 7.34. The molecule has 0 amide bonds. The molecular weight excluding hydrogens is 270 g/mol. The number of aryl methyl sites for hydroxylation is 1. The summed E-state index contributed by atoms with van der Waals surface area (Å²) in [6.07, 6.45) is 2.68. The van der Waals surface area contributed by atoms with Gasteiger partial charge in [0, 0.05) is 18.6 Å². The Hall–Kier alpha value is -1.06. The number of alkyl halides is 1. The zero-order valence-electron chi connectivity index (χ0n) is 12.4. The molecule has 20 heavy (non-hydrogen) atoms. The van der Waals surface area contributed by atoms with Gasteiger partial charge in [0.15, 0.2) is 0 Å². The van der Waals surface area contributed by atoms with E-state index in [1.807, 2.05) is 0 Å². The highest BCUT2D eigenvalue weighted by Gasteiger charge is 2.29. The maximum atomic E-state index is 6.10. The van der Waals surface area contributed by atoms with Gasteiger partial charge in [-0.05, 0) is 45.4 Å². The lowest BCUT2D eigenvalue weighted by Gasteiger charge is -2.25. The first-order chi connectivity index (χ1) is 9.61. The largest absolute Gasteiger partial charge is 0.325 e. The van der Waals surface area contributed by atoms with Gasteiger partial charge in [-0.3, -0.25) is 4.90 Å². The van der Waals surface area contributed by atoms with Gasteiger partial charge in [0.1, 0.15) is 5.82 Å². The lowest BCUT2D eigenvalue weighted by atomic mass is 10.2. The second-order valence-electron chi connectivity index (χ2n) is 5.96. The Morgan fingerprint density at radius 3 is 2.85 bits per heavy atom. The molecule has 1 fully saturated rings. The van der Waals surface area contributed by atoms with Crippen molar-refractivity contribution in [1.82, 2.24) is 14.5 Å². The monoisotopic (exact) mass is 291 g/mol. The summed E-state index contributed by atoms with van der Waals surface area (Å²) in [5.74, 6) is 1.44. The van der Waals surface area contributed by atoms with Crippen LogP contribution in [0.25, 0.3) is 11.0 Å². The van der Waals surface area contributed by atoms with Crippen LogP contribution in [0.15, 0.2) is 18.2 Å². The number of aromatic nitrogens is 2. The average molecular weight is 292 g/mol. The van der Waals surface area contributed by atoms with Gasteiger partial charge >= 0.3 is 0 Å². The normalized spacial score (nSPS) is 17.1. The standard InChI is InChI=1S/C16H22ClN3/c1-11-5-4-6-14-16(11)20(15(9-17)18-14)10-12(2)19(3)13-7-8-13/h4-6,12-13H,7-10H2,1-3H3. The molecule has 1 saturated carbocycles. The number of hydrogen-bond acceptors (Lipinski definition) is 2. The number of imidazole rings is 1. The van der Waals surface area contributed by atoms with Crippen LogP contribution >= 0.6 is 11.6 Å². The van der Waals surface area contributed by atoms with Gasteiger partial charge in [-0.1, -0.05) is 12.1 Å². The molecule has 1 aliphatic carbocycles. The van der Waals surface area contributed by atoms with Gasteiger partial charge in [-0.15, -0.1) is 11.6 Å². The Morgan fingerprint density at radius 1 is 1.45 bits per heavy atom. The van der Waals surface area contributed by atoms with E-state index in [9.17, 15) is 0 Å². The highest BCUT2D eigenvalue weighted by molar-refractivity contribution is 6.16. The fraction of sp³-hybridized carbons (Fsp3) is 0.562. The van der Waals surface area contributed by atoms with Crippen molar-refractivity contribution >= 4 is 22.6 Å². The summed E-state index contributed by atoms with van der Waals surface area (Å²) in [4.78, 5) is 7.17. The van der Waals surface area contributed by atoms with E-state index in [0.29, 0.717) is 11.9 Å². The molecule has 108 valence electrons. The van der Waals surface area contributed by atoms with Crippen LogP contribution in [0.1, 0.15) is 31.2 Å². The third kappa shape index (κ3) is 2.45. The molecule has 0 N–H and O–H groups in total. The highest BCUT2D eigenvalue weighted by atomic mass is 35.5. The smallest absolute Gasteiger partial charge is 0.124 e. The lowest BCUT2D eigenvalue weighted by Crippen LogP contribution is -2.34. The fourth-order valence-electron chi connectivity index (χ4n) is 2.95. The first kappa shape index (κ1) is 13.9. The maximum Gasteiger partial charge on any atom is 0.124 e. The van der Waals surface area contributed by atoms with E-state index >= 15 is 0 Å². The highest BCUT2D eigenvalue weighted by Crippen LogP contribution is 2.28. The minimum atomic E-state index is 0.466. The third-order valence-corrected chi connectivity index (χ3v) is 4.67. The van der Waals surface area contributed by atoms with Crippen LogP contribution in [0.4, 0.5) is 0 Å². The molecule has 3 rings (SSSR count). The molecule has 1 aromatic heterocycles. The van der Waals surface area contributed by atoms with Crippen molar-refractivity contribution in [2.45, 2.75) is 51.2 Å². The molecule has 0 bridgehead atoms. The molecule has 1 atom stereocenters. The van der Waals surface area contributed by atoms with Gasteiger partial charge in [-0.2, -0.15) is 0 Å². The number of benzene rings is 1. The van der Waals surface area contributed by atoms with E-state index in [-0.39, 0.29) is 0 Å². The molecule has 2 aromatic rings. The number of para-hydroxylation sites is 1. The first-order valence-corrected chi connectivity index (χ1v) is 7.88. The Labute approximate surface area is 125 Å². The number of rotatable bonds is 5. The van der Waals surface area contributed by atoms with E-state index in [4.69, 9.17) is 11.6 Å². The quantitative estimate of drug-likeness (QED) is 0.785. The molecule has 1 unspecified atom stereocenters. The summed E-state index contributed by atoms with van der Waals surface area (Å²) in [5, 5.41) is 0. The second kappa shape index (κ2) is 5.38. The average Bonchev–Trinajstić information content (AvgIpc) is 3.21. The van der Waals surface area contributed by atoms with Gasteiger partial charge in [0.2, 0.25) is 0 Å². The Bertz CT molecular complexity index is 615. The van der Waals surface area contributed by atoms with Crippen molar-refractivity contribution in [3.05, 3.63) is 29.6 Å². The molecule has 0 spiro atoms. The van der Waals surface area contributed by atoms with Crippen molar-refractivity contribution in [3.63, 3.8) is 0 Å². The number of halogens is 1.